The number of nitrogens with one attached hydrogen (secondary N) is 1. The lowest BCUT2D eigenvalue weighted by molar-refractivity contribution is 0.123. The first-order chi connectivity index (χ1) is 10.8. The number of rotatable bonds is 3. The molecule has 0 aliphatic carbocycles. The fourth-order valence-corrected chi connectivity index (χ4v) is 3.20. The summed E-state index contributed by atoms with van der Waals surface area (Å²) in [7, 11) is 0. The zero-order valence-corrected chi connectivity index (χ0v) is 13.1. The van der Waals surface area contributed by atoms with Crippen LogP contribution in [0, 0.1) is 0 Å². The summed E-state index contributed by atoms with van der Waals surface area (Å²) in [4.78, 5) is 2.22. The second kappa shape index (κ2) is 5.71. The lowest BCUT2D eigenvalue weighted by atomic mass is 10.2. The van der Waals surface area contributed by atoms with E-state index < -0.39 is 0 Å². The van der Waals surface area contributed by atoms with Gasteiger partial charge in [0.25, 0.3) is 0 Å². The number of thiol groups is 1. The molecule has 1 aliphatic heterocycles. The van der Waals surface area contributed by atoms with Crippen LogP contribution in [0.4, 0.5) is 16.5 Å². The number of ether oxygens (including phenoxy) is 1. The SMILES string of the molecule is Sc1nnc(Nc2ccc(N3CCOCC3)c3nonc23)s1. The molecule has 4 rings (SSSR count). The Morgan fingerprint density at radius 3 is 2.73 bits per heavy atom. The van der Waals surface area contributed by atoms with Gasteiger partial charge < -0.3 is 15.0 Å². The third-order valence-electron chi connectivity index (χ3n) is 3.40. The summed E-state index contributed by atoms with van der Waals surface area (Å²) in [6.45, 7) is 3.08. The van der Waals surface area contributed by atoms with Crippen LogP contribution < -0.4 is 10.2 Å². The second-order valence-corrected chi connectivity index (χ2v) is 6.41. The Labute approximate surface area is 134 Å². The highest BCUT2D eigenvalue weighted by molar-refractivity contribution is 7.82. The van der Waals surface area contributed by atoms with Crippen LogP contribution in [0.3, 0.4) is 0 Å². The Morgan fingerprint density at radius 1 is 1.14 bits per heavy atom. The van der Waals surface area contributed by atoms with Gasteiger partial charge in [0.2, 0.25) is 5.13 Å². The molecule has 8 nitrogen and oxygen atoms in total. The predicted molar refractivity (Wildman–Crippen MR) is 85.3 cm³/mol. The van der Waals surface area contributed by atoms with E-state index in [2.05, 4.69) is 43.4 Å². The first-order valence-corrected chi connectivity index (χ1v) is 7.95. The van der Waals surface area contributed by atoms with Gasteiger partial charge in [-0.3, -0.25) is 0 Å². The third-order valence-corrected chi connectivity index (χ3v) is 4.41. The number of aromatic nitrogens is 4. The fraction of sp³-hybridized carbons (Fsp3) is 0.333. The van der Waals surface area contributed by atoms with E-state index >= 15 is 0 Å². The Balaban J connectivity index is 1.71. The molecule has 0 unspecified atom stereocenters. The van der Waals surface area contributed by atoms with Gasteiger partial charge in [0.05, 0.1) is 24.6 Å². The fourth-order valence-electron chi connectivity index (χ4n) is 2.39. The van der Waals surface area contributed by atoms with Crippen LogP contribution in [0.2, 0.25) is 0 Å². The first kappa shape index (κ1) is 13.7. The van der Waals surface area contributed by atoms with E-state index in [1.165, 1.54) is 11.3 Å². The molecule has 3 aromatic rings. The molecule has 0 radical (unpaired) electrons. The van der Waals surface area contributed by atoms with Gasteiger partial charge in [-0.15, -0.1) is 22.8 Å². The van der Waals surface area contributed by atoms with Crippen LogP contribution in [-0.4, -0.2) is 46.8 Å². The molecule has 10 heteroatoms. The minimum atomic E-state index is 0.599. The van der Waals surface area contributed by atoms with Crippen LogP contribution in [0.25, 0.3) is 11.0 Å². The minimum Gasteiger partial charge on any atom is -0.378 e. The van der Waals surface area contributed by atoms with E-state index in [0.717, 1.165) is 30.0 Å². The molecule has 0 amide bonds. The van der Waals surface area contributed by atoms with E-state index in [1.54, 1.807) is 0 Å². The number of morpholine rings is 1. The average molecular weight is 336 g/mol. The quantitative estimate of drug-likeness (QED) is 0.702. The smallest absolute Gasteiger partial charge is 0.210 e. The summed E-state index contributed by atoms with van der Waals surface area (Å²) in [5, 5.41) is 19.7. The highest BCUT2D eigenvalue weighted by Crippen LogP contribution is 2.32. The van der Waals surface area contributed by atoms with Crippen molar-refractivity contribution in [3.05, 3.63) is 12.1 Å². The van der Waals surface area contributed by atoms with Crippen molar-refractivity contribution in [3.63, 3.8) is 0 Å². The molecule has 114 valence electrons. The molecule has 1 N–H and O–H groups in total. The van der Waals surface area contributed by atoms with Crippen LogP contribution in [0.1, 0.15) is 0 Å². The zero-order valence-electron chi connectivity index (χ0n) is 11.4. The maximum absolute atomic E-state index is 5.39. The van der Waals surface area contributed by atoms with Crippen molar-refractivity contribution >= 4 is 51.5 Å². The number of anilines is 3. The summed E-state index contributed by atoms with van der Waals surface area (Å²) in [5.74, 6) is 0. The summed E-state index contributed by atoms with van der Waals surface area (Å²) in [5.41, 5.74) is 3.16. The summed E-state index contributed by atoms with van der Waals surface area (Å²) in [6.07, 6.45) is 0. The first-order valence-electron chi connectivity index (χ1n) is 6.69. The number of benzene rings is 1. The topological polar surface area (TPSA) is 89.2 Å². The highest BCUT2D eigenvalue weighted by Gasteiger charge is 2.19. The third kappa shape index (κ3) is 2.49. The van der Waals surface area contributed by atoms with Gasteiger partial charge in [-0.2, -0.15) is 0 Å². The molecule has 1 fully saturated rings. The molecule has 2 aromatic heterocycles. The van der Waals surface area contributed by atoms with Gasteiger partial charge in [-0.25, -0.2) is 4.63 Å². The van der Waals surface area contributed by atoms with Gasteiger partial charge in [-0.05, 0) is 22.4 Å². The van der Waals surface area contributed by atoms with Gasteiger partial charge in [0, 0.05) is 13.1 Å². The van der Waals surface area contributed by atoms with Crippen molar-refractivity contribution in [3.8, 4) is 0 Å². The molecular formula is C12H12N6O2S2. The average Bonchev–Trinajstić information content (AvgIpc) is 3.18. The molecule has 0 bridgehead atoms. The molecule has 0 atom stereocenters. The lowest BCUT2D eigenvalue weighted by Crippen LogP contribution is -2.36. The number of hydrogen-bond acceptors (Lipinski definition) is 10. The maximum atomic E-state index is 5.39. The highest BCUT2D eigenvalue weighted by atomic mass is 32.2. The number of fused-ring (bicyclic) bond motifs is 1. The molecule has 1 saturated heterocycles. The van der Waals surface area contributed by atoms with E-state index in [0.29, 0.717) is 28.2 Å². The van der Waals surface area contributed by atoms with E-state index in [4.69, 9.17) is 9.37 Å². The second-order valence-electron chi connectivity index (χ2n) is 4.71. The van der Waals surface area contributed by atoms with Crippen molar-refractivity contribution in [1.29, 1.82) is 0 Å². The zero-order chi connectivity index (χ0) is 14.9. The summed E-state index contributed by atoms with van der Waals surface area (Å²) in [6, 6.07) is 3.94. The molecule has 3 heterocycles. The standard InChI is InChI=1S/C12H12N6O2S2/c21-12-15-14-11(22-12)13-7-1-2-8(10-9(7)16-20-17-10)18-3-5-19-6-4-18/h1-2H,3-6H2,(H,13,14)(H,15,21). The van der Waals surface area contributed by atoms with Crippen LogP contribution in [-0.2, 0) is 4.74 Å². The summed E-state index contributed by atoms with van der Waals surface area (Å²) < 4.78 is 10.9. The lowest BCUT2D eigenvalue weighted by Gasteiger charge is -2.28. The van der Waals surface area contributed by atoms with E-state index in [9.17, 15) is 0 Å². The van der Waals surface area contributed by atoms with Gasteiger partial charge in [0.15, 0.2) is 15.4 Å². The number of nitrogens with zero attached hydrogens (tertiary/aromatic N) is 5. The van der Waals surface area contributed by atoms with Gasteiger partial charge >= 0.3 is 0 Å². The molecule has 0 saturated carbocycles. The molecule has 22 heavy (non-hydrogen) atoms. The van der Waals surface area contributed by atoms with Gasteiger partial charge in [0.1, 0.15) is 0 Å². The molecular weight excluding hydrogens is 324 g/mol. The van der Waals surface area contributed by atoms with Crippen LogP contribution in [0.5, 0.6) is 0 Å². The Bertz CT molecular complexity index is 798. The van der Waals surface area contributed by atoms with Crippen LogP contribution >= 0.6 is 24.0 Å². The van der Waals surface area contributed by atoms with Crippen molar-refractivity contribution < 1.29 is 9.37 Å². The van der Waals surface area contributed by atoms with Crippen molar-refractivity contribution in [2.75, 3.05) is 36.5 Å². The Morgan fingerprint density at radius 2 is 1.95 bits per heavy atom. The monoisotopic (exact) mass is 336 g/mol. The Kier molecular flexibility index (Phi) is 3.56. The normalized spacial score (nSPS) is 15.4. The largest absolute Gasteiger partial charge is 0.378 e. The molecule has 1 aromatic carbocycles. The summed E-state index contributed by atoms with van der Waals surface area (Å²) >= 11 is 5.51. The number of hydrogen-bond donors (Lipinski definition) is 2. The van der Waals surface area contributed by atoms with Crippen molar-refractivity contribution in [2.45, 2.75) is 4.34 Å². The molecule has 1 aliphatic rings. The van der Waals surface area contributed by atoms with Crippen molar-refractivity contribution in [1.82, 2.24) is 20.5 Å². The van der Waals surface area contributed by atoms with E-state index in [-0.39, 0.29) is 0 Å². The van der Waals surface area contributed by atoms with Crippen LogP contribution in [0.15, 0.2) is 21.1 Å². The van der Waals surface area contributed by atoms with E-state index in [1.807, 2.05) is 12.1 Å². The maximum Gasteiger partial charge on any atom is 0.210 e. The Hall–Kier alpha value is -1.91. The van der Waals surface area contributed by atoms with Gasteiger partial charge in [-0.1, -0.05) is 11.3 Å². The van der Waals surface area contributed by atoms with Crippen molar-refractivity contribution in [2.24, 2.45) is 0 Å². The predicted octanol–water partition coefficient (Wildman–Crippen LogP) is 1.94. The minimum absolute atomic E-state index is 0.599. The molecule has 0 spiro atoms.